The van der Waals surface area contributed by atoms with Crippen LogP contribution in [0, 0.1) is 25.2 Å². The van der Waals surface area contributed by atoms with Crippen LogP contribution in [0.2, 0.25) is 0 Å². The molecule has 0 N–H and O–H groups in total. The van der Waals surface area contributed by atoms with Crippen LogP contribution in [-0.2, 0) is 11.3 Å². The molecule has 0 saturated heterocycles. The van der Waals surface area contributed by atoms with E-state index in [2.05, 4.69) is 11.2 Å². The topological polar surface area (TPSA) is 80.5 Å². The minimum atomic E-state index is -0.504. The van der Waals surface area contributed by atoms with E-state index in [0.29, 0.717) is 28.1 Å². The molecule has 0 radical (unpaired) electrons. The maximum absolute atomic E-state index is 12.1. The first kappa shape index (κ1) is 13.9. The van der Waals surface area contributed by atoms with E-state index >= 15 is 0 Å². The van der Waals surface area contributed by atoms with Gasteiger partial charge in [-0.1, -0.05) is 11.2 Å². The van der Waals surface area contributed by atoms with Crippen LogP contribution >= 0.6 is 0 Å². The fourth-order valence-corrected chi connectivity index (χ4v) is 2.41. The molecule has 6 nitrogen and oxygen atoms in total. The van der Waals surface area contributed by atoms with Gasteiger partial charge >= 0.3 is 5.97 Å². The highest BCUT2D eigenvalue weighted by atomic mass is 16.5. The highest BCUT2D eigenvalue weighted by Gasteiger charge is 2.20. The zero-order chi connectivity index (χ0) is 15.7. The fraction of sp³-hybridized carbons (Fsp3) is 0.188. The molecule has 0 unspecified atom stereocenters. The van der Waals surface area contributed by atoms with Crippen LogP contribution in [0.25, 0.3) is 5.52 Å². The van der Waals surface area contributed by atoms with Crippen molar-refractivity contribution in [2.75, 3.05) is 0 Å². The summed E-state index contributed by atoms with van der Waals surface area (Å²) in [4.78, 5) is 12.1. The molecule has 0 aliphatic heterocycles. The number of carbonyl (C=O) groups is 1. The summed E-state index contributed by atoms with van der Waals surface area (Å²) in [5.41, 5.74) is 2.78. The molecule has 0 aliphatic rings. The lowest BCUT2D eigenvalue weighted by atomic mass is 10.2. The Labute approximate surface area is 126 Å². The second-order valence-corrected chi connectivity index (χ2v) is 4.91. The van der Waals surface area contributed by atoms with Crippen LogP contribution in [-0.4, -0.2) is 15.5 Å². The lowest BCUT2D eigenvalue weighted by Crippen LogP contribution is -2.07. The van der Waals surface area contributed by atoms with Crippen LogP contribution in [0.15, 0.2) is 35.1 Å². The molecular formula is C16H13N3O3. The molecule has 110 valence electrons. The van der Waals surface area contributed by atoms with Crippen molar-refractivity contribution >= 4 is 11.5 Å². The lowest BCUT2D eigenvalue weighted by molar-refractivity contribution is 0.0470. The van der Waals surface area contributed by atoms with Gasteiger partial charge in [0.2, 0.25) is 0 Å². The minimum absolute atomic E-state index is 0.0213. The second-order valence-electron chi connectivity index (χ2n) is 4.91. The van der Waals surface area contributed by atoms with Crippen LogP contribution < -0.4 is 0 Å². The highest BCUT2D eigenvalue weighted by molar-refractivity contribution is 5.91. The number of aromatic nitrogens is 2. The van der Waals surface area contributed by atoms with Crippen molar-refractivity contribution in [3.8, 4) is 6.07 Å². The first-order chi connectivity index (χ1) is 10.6. The Morgan fingerprint density at radius 1 is 1.45 bits per heavy atom. The predicted octanol–water partition coefficient (Wildman–Crippen LogP) is 2.77. The van der Waals surface area contributed by atoms with Crippen molar-refractivity contribution in [1.29, 1.82) is 5.26 Å². The van der Waals surface area contributed by atoms with Gasteiger partial charge in [0.25, 0.3) is 0 Å². The number of nitriles is 1. The number of hydrogen-bond acceptors (Lipinski definition) is 5. The van der Waals surface area contributed by atoms with Crippen LogP contribution in [0.4, 0.5) is 0 Å². The molecule has 0 bridgehead atoms. The number of fused-ring (bicyclic) bond motifs is 1. The predicted molar refractivity (Wildman–Crippen MR) is 77.2 cm³/mol. The van der Waals surface area contributed by atoms with E-state index in [1.807, 2.05) is 28.8 Å². The monoisotopic (exact) mass is 295 g/mol. The molecule has 0 atom stereocenters. The van der Waals surface area contributed by atoms with Crippen molar-refractivity contribution in [2.24, 2.45) is 0 Å². The van der Waals surface area contributed by atoms with Gasteiger partial charge in [-0.05, 0) is 26.0 Å². The molecule has 22 heavy (non-hydrogen) atoms. The van der Waals surface area contributed by atoms with Gasteiger partial charge in [-0.2, -0.15) is 5.26 Å². The molecule has 3 aromatic heterocycles. The van der Waals surface area contributed by atoms with Crippen molar-refractivity contribution in [2.45, 2.75) is 20.5 Å². The maximum atomic E-state index is 12.1. The Morgan fingerprint density at radius 2 is 2.27 bits per heavy atom. The second kappa shape index (κ2) is 5.37. The van der Waals surface area contributed by atoms with E-state index in [0.717, 1.165) is 5.52 Å². The quantitative estimate of drug-likeness (QED) is 0.694. The number of carbonyl (C=O) groups excluding carboxylic acids is 1. The fourth-order valence-electron chi connectivity index (χ4n) is 2.41. The van der Waals surface area contributed by atoms with Crippen LogP contribution in [0.3, 0.4) is 0 Å². The van der Waals surface area contributed by atoms with Crippen molar-refractivity contribution in [1.82, 2.24) is 9.56 Å². The highest BCUT2D eigenvalue weighted by Crippen LogP contribution is 2.20. The molecule has 0 aromatic carbocycles. The van der Waals surface area contributed by atoms with E-state index < -0.39 is 5.97 Å². The van der Waals surface area contributed by atoms with Crippen molar-refractivity contribution < 1.29 is 14.1 Å². The normalized spacial score (nSPS) is 10.6. The summed E-state index contributed by atoms with van der Waals surface area (Å²) in [5, 5.41) is 13.0. The summed E-state index contributed by atoms with van der Waals surface area (Å²) < 4.78 is 12.1. The zero-order valence-corrected chi connectivity index (χ0v) is 12.2. The van der Waals surface area contributed by atoms with E-state index in [1.165, 1.54) is 0 Å². The first-order valence-electron chi connectivity index (χ1n) is 6.70. The standard InChI is InChI=1S/C16H13N3O3/c1-10-15(11(2)22-18-10)16(20)21-9-12-8-19-6-4-3-5-14(19)13(12)7-17/h3-6,8H,9H2,1-2H3. The molecule has 3 rings (SSSR count). The Morgan fingerprint density at radius 3 is 2.95 bits per heavy atom. The first-order valence-corrected chi connectivity index (χ1v) is 6.70. The molecular weight excluding hydrogens is 282 g/mol. The number of esters is 1. The lowest BCUT2D eigenvalue weighted by Gasteiger charge is -2.03. The van der Waals surface area contributed by atoms with Gasteiger partial charge < -0.3 is 13.7 Å². The Hall–Kier alpha value is -3.07. The van der Waals surface area contributed by atoms with Crippen LogP contribution in [0.1, 0.15) is 32.9 Å². The van der Waals surface area contributed by atoms with E-state index in [4.69, 9.17) is 9.26 Å². The molecule has 0 spiro atoms. The number of rotatable bonds is 3. The molecule has 3 aromatic rings. The molecule has 3 heterocycles. The average Bonchev–Trinajstić information content (AvgIpc) is 3.04. The number of hydrogen-bond donors (Lipinski definition) is 0. The van der Waals surface area contributed by atoms with Crippen molar-refractivity contribution in [3.63, 3.8) is 0 Å². The Balaban J connectivity index is 1.86. The van der Waals surface area contributed by atoms with Gasteiger partial charge in [0, 0.05) is 18.0 Å². The molecule has 0 amide bonds. The van der Waals surface area contributed by atoms with Gasteiger partial charge in [-0.15, -0.1) is 0 Å². The summed E-state index contributed by atoms with van der Waals surface area (Å²) in [6.07, 6.45) is 3.63. The third-order valence-corrected chi connectivity index (χ3v) is 3.47. The number of ether oxygens (including phenoxy) is 1. The summed E-state index contributed by atoms with van der Waals surface area (Å²) >= 11 is 0. The molecule has 0 fully saturated rings. The van der Waals surface area contributed by atoms with E-state index in [9.17, 15) is 10.1 Å². The van der Waals surface area contributed by atoms with E-state index in [1.54, 1.807) is 20.0 Å². The summed E-state index contributed by atoms with van der Waals surface area (Å²) in [6.45, 7) is 3.36. The maximum Gasteiger partial charge on any atom is 0.344 e. The summed E-state index contributed by atoms with van der Waals surface area (Å²) in [5.74, 6) is -0.0829. The number of pyridine rings is 1. The Bertz CT molecular complexity index is 880. The average molecular weight is 295 g/mol. The third kappa shape index (κ3) is 2.23. The third-order valence-electron chi connectivity index (χ3n) is 3.47. The van der Waals surface area contributed by atoms with Gasteiger partial charge in [-0.25, -0.2) is 4.79 Å². The van der Waals surface area contributed by atoms with E-state index in [-0.39, 0.29) is 6.61 Å². The van der Waals surface area contributed by atoms with Gasteiger partial charge in [0.05, 0.1) is 16.8 Å². The minimum Gasteiger partial charge on any atom is -0.457 e. The molecule has 0 aliphatic carbocycles. The largest absolute Gasteiger partial charge is 0.457 e. The number of aryl methyl sites for hydroxylation is 2. The smallest absolute Gasteiger partial charge is 0.344 e. The molecule has 6 heteroatoms. The van der Waals surface area contributed by atoms with Crippen LogP contribution in [0.5, 0.6) is 0 Å². The van der Waals surface area contributed by atoms with Gasteiger partial charge in [0.1, 0.15) is 24.0 Å². The number of nitrogens with zero attached hydrogens (tertiary/aromatic N) is 3. The SMILES string of the molecule is Cc1noc(C)c1C(=O)OCc1cn2ccccc2c1C#N. The zero-order valence-electron chi connectivity index (χ0n) is 12.2. The summed E-state index contributed by atoms with van der Waals surface area (Å²) in [6, 6.07) is 7.73. The summed E-state index contributed by atoms with van der Waals surface area (Å²) in [7, 11) is 0. The molecule has 0 saturated carbocycles. The Kier molecular flexibility index (Phi) is 3.39. The van der Waals surface area contributed by atoms with Crippen molar-refractivity contribution in [3.05, 3.63) is 58.7 Å². The van der Waals surface area contributed by atoms with Gasteiger partial charge in [0.15, 0.2) is 0 Å². The van der Waals surface area contributed by atoms with Gasteiger partial charge in [-0.3, -0.25) is 0 Å².